The van der Waals surface area contributed by atoms with Gasteiger partial charge in [-0.15, -0.1) is 11.3 Å². The number of carbonyl (C=O) groups excluding carboxylic acids is 1. The van der Waals surface area contributed by atoms with Crippen molar-refractivity contribution in [2.75, 3.05) is 19.5 Å². The Kier molecular flexibility index (Phi) is 5.81. The van der Waals surface area contributed by atoms with Gasteiger partial charge in [-0.3, -0.25) is 14.2 Å². The van der Waals surface area contributed by atoms with Crippen LogP contribution < -0.4 is 5.56 Å². The highest BCUT2D eigenvalue weighted by Crippen LogP contribution is 2.30. The van der Waals surface area contributed by atoms with Gasteiger partial charge in [0, 0.05) is 11.5 Å². The molecule has 3 heterocycles. The molecule has 0 bridgehead atoms. The third kappa shape index (κ3) is 3.75. The lowest BCUT2D eigenvalue weighted by molar-refractivity contribution is -0.137. The van der Waals surface area contributed by atoms with E-state index < -0.39 is 0 Å². The van der Waals surface area contributed by atoms with Crippen LogP contribution >= 0.6 is 23.1 Å². The lowest BCUT2D eigenvalue weighted by Gasteiger charge is -2.15. The second-order valence-electron chi connectivity index (χ2n) is 5.98. The predicted molar refractivity (Wildman–Crippen MR) is 99.7 cm³/mol. The first-order valence-corrected chi connectivity index (χ1v) is 10.2. The number of fused-ring (bicyclic) bond motifs is 1. The van der Waals surface area contributed by atoms with Gasteiger partial charge in [-0.1, -0.05) is 18.7 Å². The van der Waals surface area contributed by atoms with Crippen molar-refractivity contribution in [3.63, 3.8) is 0 Å². The van der Waals surface area contributed by atoms with Crippen LogP contribution in [-0.4, -0.2) is 41.1 Å². The van der Waals surface area contributed by atoms with E-state index in [1.54, 1.807) is 4.57 Å². The molecular formula is C17H22N2O4S2. The minimum absolute atomic E-state index is 0.0271. The van der Waals surface area contributed by atoms with E-state index in [1.165, 1.54) is 30.2 Å². The molecule has 1 fully saturated rings. The van der Waals surface area contributed by atoms with E-state index in [2.05, 4.69) is 6.92 Å². The fraction of sp³-hybridized carbons (Fsp3) is 0.588. The minimum atomic E-state index is -0.334. The average Bonchev–Trinajstić information content (AvgIpc) is 3.22. The first kappa shape index (κ1) is 18.4. The van der Waals surface area contributed by atoms with Crippen molar-refractivity contribution in [3.05, 3.63) is 20.8 Å². The van der Waals surface area contributed by atoms with Crippen LogP contribution in [0.1, 0.15) is 30.2 Å². The van der Waals surface area contributed by atoms with Crippen molar-refractivity contribution in [2.24, 2.45) is 0 Å². The Bertz CT molecular complexity index is 837. The number of carbonyl (C=O) groups is 1. The molecule has 1 atom stereocenters. The van der Waals surface area contributed by atoms with E-state index in [1.807, 2.05) is 6.92 Å². The van der Waals surface area contributed by atoms with Gasteiger partial charge in [0.1, 0.15) is 4.83 Å². The number of rotatable bonds is 6. The number of hydrogen-bond acceptors (Lipinski definition) is 7. The summed E-state index contributed by atoms with van der Waals surface area (Å²) in [6, 6.07) is 0. The first-order valence-electron chi connectivity index (χ1n) is 8.39. The topological polar surface area (TPSA) is 70.4 Å². The zero-order chi connectivity index (χ0) is 18.0. The van der Waals surface area contributed by atoms with Crippen molar-refractivity contribution < 1.29 is 14.3 Å². The number of nitrogens with zero attached hydrogens (tertiary/aromatic N) is 2. The molecule has 0 spiro atoms. The summed E-state index contributed by atoms with van der Waals surface area (Å²) >= 11 is 2.78. The molecule has 0 N–H and O–H groups in total. The highest BCUT2D eigenvalue weighted by Gasteiger charge is 2.23. The Morgan fingerprint density at radius 2 is 2.32 bits per heavy atom. The maximum absolute atomic E-state index is 13.2. The summed E-state index contributed by atoms with van der Waals surface area (Å²) in [5.74, 6) is -0.204. The Hall–Kier alpha value is -1.38. The third-order valence-corrected chi connectivity index (χ3v) is 6.38. The molecule has 6 nitrogen and oxygen atoms in total. The largest absolute Gasteiger partial charge is 0.468 e. The fourth-order valence-corrected chi connectivity index (χ4v) is 5.10. The molecule has 0 amide bonds. The van der Waals surface area contributed by atoms with Crippen molar-refractivity contribution in [2.45, 2.75) is 50.9 Å². The third-order valence-electron chi connectivity index (χ3n) is 4.39. The Labute approximate surface area is 154 Å². The van der Waals surface area contributed by atoms with Crippen LogP contribution in [0.4, 0.5) is 0 Å². The Morgan fingerprint density at radius 3 is 2.96 bits per heavy atom. The maximum atomic E-state index is 13.2. The van der Waals surface area contributed by atoms with Crippen molar-refractivity contribution >= 4 is 39.3 Å². The number of ether oxygens (including phenoxy) is 2. The van der Waals surface area contributed by atoms with Crippen LogP contribution in [0.3, 0.4) is 0 Å². The fourth-order valence-electron chi connectivity index (χ4n) is 3.10. The molecule has 1 saturated heterocycles. The van der Waals surface area contributed by atoms with Gasteiger partial charge in [0.05, 0.1) is 30.9 Å². The summed E-state index contributed by atoms with van der Waals surface area (Å²) < 4.78 is 12.1. The SMILES string of the molecule is CCc1c(C)sc2nc(SCC(=O)OC)n(C[C@H]3CCCO3)c(=O)c12. The van der Waals surface area contributed by atoms with Gasteiger partial charge >= 0.3 is 5.97 Å². The van der Waals surface area contributed by atoms with E-state index in [-0.39, 0.29) is 23.4 Å². The summed E-state index contributed by atoms with van der Waals surface area (Å²) in [7, 11) is 1.36. The molecule has 8 heteroatoms. The second-order valence-corrected chi connectivity index (χ2v) is 8.13. The van der Waals surface area contributed by atoms with E-state index in [4.69, 9.17) is 14.5 Å². The van der Waals surface area contributed by atoms with Gasteiger partial charge in [0.15, 0.2) is 5.16 Å². The molecule has 136 valence electrons. The van der Waals surface area contributed by atoms with Crippen molar-refractivity contribution in [1.82, 2.24) is 9.55 Å². The number of esters is 1. The van der Waals surface area contributed by atoms with Crippen LogP contribution in [0.25, 0.3) is 10.2 Å². The highest BCUT2D eigenvalue weighted by atomic mass is 32.2. The lowest BCUT2D eigenvalue weighted by atomic mass is 10.1. The Morgan fingerprint density at radius 1 is 1.52 bits per heavy atom. The highest BCUT2D eigenvalue weighted by molar-refractivity contribution is 7.99. The normalized spacial score (nSPS) is 17.3. The van der Waals surface area contributed by atoms with Crippen LogP contribution in [0.15, 0.2) is 9.95 Å². The van der Waals surface area contributed by atoms with Gasteiger partial charge in [-0.25, -0.2) is 4.98 Å². The van der Waals surface area contributed by atoms with Crippen LogP contribution in [0, 0.1) is 6.92 Å². The zero-order valence-corrected chi connectivity index (χ0v) is 16.3. The molecule has 3 rings (SSSR count). The van der Waals surface area contributed by atoms with E-state index in [0.29, 0.717) is 17.1 Å². The van der Waals surface area contributed by atoms with Crippen molar-refractivity contribution in [1.29, 1.82) is 0 Å². The summed E-state index contributed by atoms with van der Waals surface area (Å²) in [6.45, 7) is 5.29. The van der Waals surface area contributed by atoms with Gasteiger partial charge in [0.25, 0.3) is 5.56 Å². The number of hydrogen-bond donors (Lipinski definition) is 0. The van der Waals surface area contributed by atoms with Gasteiger partial charge in [0.2, 0.25) is 0 Å². The van der Waals surface area contributed by atoms with Crippen LogP contribution in [0.5, 0.6) is 0 Å². The number of aromatic nitrogens is 2. The summed E-state index contributed by atoms with van der Waals surface area (Å²) in [5.41, 5.74) is 1.04. The standard InChI is InChI=1S/C17H22N2O4S2/c1-4-12-10(2)25-15-14(12)16(21)19(8-11-6-5-7-23-11)17(18-15)24-9-13(20)22-3/h11H,4-9H2,1-3H3/t11-/m1/s1. The van der Waals surface area contributed by atoms with Gasteiger partial charge in [-0.05, 0) is 31.7 Å². The molecule has 25 heavy (non-hydrogen) atoms. The minimum Gasteiger partial charge on any atom is -0.468 e. The molecule has 0 radical (unpaired) electrons. The molecule has 0 aromatic carbocycles. The van der Waals surface area contributed by atoms with Crippen LogP contribution in [0.2, 0.25) is 0 Å². The zero-order valence-electron chi connectivity index (χ0n) is 14.7. The van der Waals surface area contributed by atoms with E-state index >= 15 is 0 Å². The van der Waals surface area contributed by atoms with Gasteiger partial charge in [-0.2, -0.15) is 0 Å². The van der Waals surface area contributed by atoms with Crippen LogP contribution in [-0.2, 0) is 27.2 Å². The quantitative estimate of drug-likeness (QED) is 0.435. The molecule has 0 aliphatic carbocycles. The smallest absolute Gasteiger partial charge is 0.316 e. The molecule has 1 aliphatic rings. The maximum Gasteiger partial charge on any atom is 0.316 e. The second kappa shape index (κ2) is 7.88. The van der Waals surface area contributed by atoms with Crippen molar-refractivity contribution in [3.8, 4) is 0 Å². The molecule has 0 unspecified atom stereocenters. The molecular weight excluding hydrogens is 360 g/mol. The first-order chi connectivity index (χ1) is 12.0. The monoisotopic (exact) mass is 382 g/mol. The summed E-state index contributed by atoms with van der Waals surface area (Å²) in [4.78, 5) is 31.3. The lowest BCUT2D eigenvalue weighted by Crippen LogP contribution is -2.29. The molecule has 1 aliphatic heterocycles. The average molecular weight is 383 g/mol. The number of thioether (sulfide) groups is 1. The Balaban J connectivity index is 2.07. The van der Waals surface area contributed by atoms with E-state index in [9.17, 15) is 9.59 Å². The number of aryl methyl sites for hydroxylation is 2. The molecule has 0 saturated carbocycles. The number of methoxy groups -OCH3 is 1. The van der Waals surface area contributed by atoms with E-state index in [0.717, 1.165) is 41.1 Å². The summed E-state index contributed by atoms with van der Waals surface area (Å²) in [5, 5.41) is 1.27. The predicted octanol–water partition coefficient (Wildman–Crippen LogP) is 2.77. The summed E-state index contributed by atoms with van der Waals surface area (Å²) in [6.07, 6.45) is 2.78. The number of thiophene rings is 1. The van der Waals surface area contributed by atoms with Gasteiger partial charge < -0.3 is 9.47 Å². The molecule has 2 aromatic rings. The molecule has 2 aromatic heterocycles.